The molecular weight excluding hydrogens is 312 g/mol. The zero-order valence-corrected chi connectivity index (χ0v) is 14.9. The number of rotatable bonds is 5. The number of amides is 3. The third kappa shape index (κ3) is 5.21. The van der Waals surface area contributed by atoms with Gasteiger partial charge < -0.3 is 20.4 Å². The lowest BCUT2D eigenvalue weighted by Crippen LogP contribution is -2.52. The van der Waals surface area contributed by atoms with E-state index in [1.807, 2.05) is 14.1 Å². The van der Waals surface area contributed by atoms with Crippen LogP contribution >= 0.6 is 11.3 Å². The molecule has 1 saturated heterocycles. The average Bonchev–Trinajstić information content (AvgIpc) is 3.00. The number of urea groups is 1. The van der Waals surface area contributed by atoms with Crippen molar-refractivity contribution < 1.29 is 9.59 Å². The van der Waals surface area contributed by atoms with Crippen LogP contribution in [0.3, 0.4) is 0 Å². The molecule has 23 heavy (non-hydrogen) atoms. The fourth-order valence-corrected chi connectivity index (χ4v) is 3.63. The zero-order chi connectivity index (χ0) is 16.8. The minimum Gasteiger partial charge on any atom is -0.352 e. The third-order valence-electron chi connectivity index (χ3n) is 4.11. The Balaban J connectivity index is 1.87. The molecule has 128 valence electrons. The van der Waals surface area contributed by atoms with Crippen molar-refractivity contribution in [1.82, 2.24) is 20.4 Å². The van der Waals surface area contributed by atoms with Crippen molar-refractivity contribution in [3.63, 3.8) is 0 Å². The molecule has 1 aliphatic heterocycles. The largest absolute Gasteiger partial charge is 0.352 e. The van der Waals surface area contributed by atoms with Gasteiger partial charge in [-0.3, -0.25) is 4.79 Å². The standard InChI is InChI=1S/C16H26N4O2S/c1-12(21)18-14-5-4-7-20(10-14)16(22)17-9-15(19(2)3)13-6-8-23-11-13/h6,8,11,14-15H,4-5,7,9-10H2,1-3H3,(H,17,22)(H,18,21)/t14-,15+/m0/s1. The molecule has 2 N–H and O–H groups in total. The Hall–Kier alpha value is -1.60. The number of carbonyl (C=O) groups is 2. The molecule has 2 atom stereocenters. The second-order valence-corrected chi connectivity index (χ2v) is 6.99. The van der Waals surface area contributed by atoms with E-state index in [1.165, 1.54) is 12.5 Å². The number of likely N-dealkylation sites (tertiary alicyclic amines) is 1. The summed E-state index contributed by atoms with van der Waals surface area (Å²) >= 11 is 1.66. The highest BCUT2D eigenvalue weighted by Crippen LogP contribution is 2.20. The van der Waals surface area contributed by atoms with Crippen LogP contribution in [0.4, 0.5) is 4.79 Å². The van der Waals surface area contributed by atoms with E-state index in [-0.39, 0.29) is 24.0 Å². The van der Waals surface area contributed by atoms with Gasteiger partial charge in [0.1, 0.15) is 0 Å². The molecule has 0 spiro atoms. The first-order valence-electron chi connectivity index (χ1n) is 7.95. The van der Waals surface area contributed by atoms with E-state index in [2.05, 4.69) is 32.4 Å². The zero-order valence-electron chi connectivity index (χ0n) is 14.0. The molecule has 1 fully saturated rings. The molecule has 7 heteroatoms. The Bertz CT molecular complexity index is 518. The second-order valence-electron chi connectivity index (χ2n) is 6.21. The summed E-state index contributed by atoms with van der Waals surface area (Å²) in [4.78, 5) is 27.5. The lowest BCUT2D eigenvalue weighted by Gasteiger charge is -2.33. The van der Waals surface area contributed by atoms with E-state index in [0.717, 1.165) is 19.4 Å². The van der Waals surface area contributed by atoms with Crippen molar-refractivity contribution in [1.29, 1.82) is 0 Å². The summed E-state index contributed by atoms with van der Waals surface area (Å²) in [6, 6.07) is 2.27. The molecule has 3 amide bonds. The van der Waals surface area contributed by atoms with E-state index < -0.39 is 0 Å². The molecule has 1 aliphatic rings. The van der Waals surface area contributed by atoms with Crippen molar-refractivity contribution in [2.45, 2.75) is 31.8 Å². The van der Waals surface area contributed by atoms with E-state index >= 15 is 0 Å². The maximum atomic E-state index is 12.4. The minimum atomic E-state index is -0.0536. The number of nitrogens with zero attached hydrogens (tertiary/aromatic N) is 2. The highest BCUT2D eigenvalue weighted by atomic mass is 32.1. The van der Waals surface area contributed by atoms with Gasteiger partial charge in [0.2, 0.25) is 5.91 Å². The van der Waals surface area contributed by atoms with E-state index in [1.54, 1.807) is 16.2 Å². The highest BCUT2D eigenvalue weighted by molar-refractivity contribution is 7.07. The summed E-state index contributed by atoms with van der Waals surface area (Å²) < 4.78 is 0. The molecule has 2 heterocycles. The van der Waals surface area contributed by atoms with Gasteiger partial charge in [-0.15, -0.1) is 0 Å². The summed E-state index contributed by atoms with van der Waals surface area (Å²) in [5.41, 5.74) is 1.22. The Kier molecular flexibility index (Phi) is 6.41. The SMILES string of the molecule is CC(=O)N[C@H]1CCCN(C(=O)NC[C@H](c2ccsc2)N(C)C)C1. The molecular formula is C16H26N4O2S. The number of piperidine rings is 1. The van der Waals surface area contributed by atoms with Crippen LogP contribution in [-0.4, -0.2) is 61.5 Å². The van der Waals surface area contributed by atoms with E-state index in [4.69, 9.17) is 0 Å². The highest BCUT2D eigenvalue weighted by Gasteiger charge is 2.25. The predicted molar refractivity (Wildman–Crippen MR) is 92.6 cm³/mol. The number of thiophene rings is 1. The number of nitrogens with one attached hydrogen (secondary N) is 2. The maximum absolute atomic E-state index is 12.4. The van der Waals surface area contributed by atoms with Crippen molar-refractivity contribution in [2.75, 3.05) is 33.7 Å². The Morgan fingerprint density at radius 3 is 2.87 bits per heavy atom. The summed E-state index contributed by atoms with van der Waals surface area (Å²) in [6.45, 7) is 3.41. The van der Waals surface area contributed by atoms with Gasteiger partial charge in [0.15, 0.2) is 0 Å². The van der Waals surface area contributed by atoms with Gasteiger partial charge in [0.25, 0.3) is 0 Å². The molecule has 1 aromatic rings. The molecule has 0 aromatic carbocycles. The first-order chi connectivity index (χ1) is 11.0. The van der Waals surface area contributed by atoms with Crippen molar-refractivity contribution in [2.24, 2.45) is 0 Å². The van der Waals surface area contributed by atoms with Crippen LogP contribution in [0.2, 0.25) is 0 Å². The normalized spacial score (nSPS) is 19.5. The fraction of sp³-hybridized carbons (Fsp3) is 0.625. The molecule has 0 aliphatic carbocycles. The van der Waals surface area contributed by atoms with Crippen molar-refractivity contribution in [3.05, 3.63) is 22.4 Å². The van der Waals surface area contributed by atoms with Crippen LogP contribution in [0, 0.1) is 0 Å². The van der Waals surface area contributed by atoms with Crippen LogP contribution < -0.4 is 10.6 Å². The predicted octanol–water partition coefficient (Wildman–Crippen LogP) is 1.66. The summed E-state index contributed by atoms with van der Waals surface area (Å²) in [6.07, 6.45) is 1.85. The van der Waals surface area contributed by atoms with Gasteiger partial charge in [-0.1, -0.05) is 0 Å². The third-order valence-corrected chi connectivity index (χ3v) is 4.82. The molecule has 0 bridgehead atoms. The summed E-state index contributed by atoms with van der Waals surface area (Å²) in [5.74, 6) is -0.0395. The van der Waals surface area contributed by atoms with Gasteiger partial charge in [-0.25, -0.2) is 4.79 Å². The first kappa shape index (κ1) is 17.7. The minimum absolute atomic E-state index is 0.0395. The Morgan fingerprint density at radius 1 is 1.48 bits per heavy atom. The topological polar surface area (TPSA) is 64.7 Å². The van der Waals surface area contributed by atoms with Gasteiger partial charge in [0, 0.05) is 32.6 Å². The summed E-state index contributed by atoms with van der Waals surface area (Å²) in [7, 11) is 4.03. The monoisotopic (exact) mass is 338 g/mol. The Labute approximate surface area is 141 Å². The quantitative estimate of drug-likeness (QED) is 0.858. The smallest absolute Gasteiger partial charge is 0.317 e. The second kappa shape index (κ2) is 8.31. The van der Waals surface area contributed by atoms with Crippen LogP contribution in [0.1, 0.15) is 31.4 Å². The van der Waals surface area contributed by atoms with E-state index in [9.17, 15) is 9.59 Å². The number of carbonyl (C=O) groups excluding carboxylic acids is 2. The van der Waals surface area contributed by atoms with Gasteiger partial charge in [0.05, 0.1) is 6.04 Å². The van der Waals surface area contributed by atoms with Crippen molar-refractivity contribution in [3.8, 4) is 0 Å². The van der Waals surface area contributed by atoms with Crippen molar-refractivity contribution >= 4 is 23.3 Å². The first-order valence-corrected chi connectivity index (χ1v) is 8.90. The number of hydrogen-bond donors (Lipinski definition) is 2. The molecule has 0 radical (unpaired) electrons. The lowest BCUT2D eigenvalue weighted by molar-refractivity contribution is -0.119. The van der Waals surface area contributed by atoms with Crippen LogP contribution in [0.15, 0.2) is 16.8 Å². The maximum Gasteiger partial charge on any atom is 0.317 e. The summed E-state index contributed by atoms with van der Waals surface area (Å²) in [5, 5.41) is 10.1. The fourth-order valence-electron chi connectivity index (χ4n) is 2.93. The molecule has 1 aromatic heterocycles. The van der Waals surface area contributed by atoms with Gasteiger partial charge in [-0.2, -0.15) is 11.3 Å². The number of hydrogen-bond acceptors (Lipinski definition) is 4. The molecule has 2 rings (SSSR count). The molecule has 0 unspecified atom stereocenters. The number of likely N-dealkylation sites (N-methyl/N-ethyl adjacent to an activating group) is 1. The average molecular weight is 338 g/mol. The van der Waals surface area contributed by atoms with Gasteiger partial charge in [-0.05, 0) is 49.3 Å². The van der Waals surface area contributed by atoms with Crippen LogP contribution in [0.5, 0.6) is 0 Å². The van der Waals surface area contributed by atoms with Gasteiger partial charge >= 0.3 is 6.03 Å². The lowest BCUT2D eigenvalue weighted by atomic mass is 10.1. The Morgan fingerprint density at radius 2 is 2.26 bits per heavy atom. The van der Waals surface area contributed by atoms with Crippen LogP contribution in [0.25, 0.3) is 0 Å². The molecule has 6 nitrogen and oxygen atoms in total. The van der Waals surface area contributed by atoms with Crippen LogP contribution in [-0.2, 0) is 4.79 Å². The molecule has 0 saturated carbocycles. The van der Waals surface area contributed by atoms with E-state index in [0.29, 0.717) is 13.1 Å².